The van der Waals surface area contributed by atoms with Crippen molar-refractivity contribution in [2.24, 2.45) is 0 Å². The Morgan fingerprint density at radius 2 is 2.30 bits per heavy atom. The molecule has 3 nitrogen and oxygen atoms in total. The minimum Gasteiger partial charge on any atom is -0.235 e. The zero-order chi connectivity index (χ0) is 7.40. The second-order valence-electron chi connectivity index (χ2n) is 1.70. The fourth-order valence-electron chi connectivity index (χ4n) is 0.605. The molecule has 0 heterocycles. The molecule has 4 heteroatoms. The molecule has 0 radical (unpaired) electrons. The van der Waals surface area contributed by atoms with Gasteiger partial charge in [0.15, 0.2) is 0 Å². The van der Waals surface area contributed by atoms with E-state index in [4.69, 9.17) is 5.26 Å². The van der Waals surface area contributed by atoms with Crippen LogP contribution in [0.25, 0.3) is 0 Å². The van der Waals surface area contributed by atoms with E-state index in [1.54, 1.807) is 6.07 Å². The van der Waals surface area contributed by atoms with E-state index in [1.807, 2.05) is 0 Å². The first-order valence-corrected chi connectivity index (χ1v) is 2.65. The lowest BCUT2D eigenvalue weighted by Crippen LogP contribution is -1.95. The minimum atomic E-state index is -0.387. The van der Waals surface area contributed by atoms with Crippen LogP contribution in [0.4, 0.5) is 10.1 Å². The van der Waals surface area contributed by atoms with Crippen molar-refractivity contribution in [2.45, 2.75) is 0 Å². The molecule has 2 N–H and O–H groups in total. The molecule has 0 amide bonds. The number of anilines is 1. The van der Waals surface area contributed by atoms with Crippen molar-refractivity contribution in [1.82, 2.24) is 0 Å². The van der Waals surface area contributed by atoms with Gasteiger partial charge < -0.3 is 0 Å². The fourth-order valence-corrected chi connectivity index (χ4v) is 0.605. The molecule has 0 bridgehead atoms. The van der Waals surface area contributed by atoms with Crippen molar-refractivity contribution in [2.75, 3.05) is 5.48 Å². The Morgan fingerprint density at radius 1 is 1.50 bits per heavy atom. The molecule has 0 spiro atoms. The number of hydrogen-bond acceptors (Lipinski definition) is 3. The number of benzene rings is 1. The second-order valence-corrected chi connectivity index (χ2v) is 1.70. The normalized spacial score (nSPS) is 9.40. The largest absolute Gasteiger partial charge is 0.235 e. The van der Waals surface area contributed by atoms with Gasteiger partial charge in [-0.05, 0) is 18.2 Å². The van der Waals surface area contributed by atoms with Crippen LogP contribution in [0.5, 0.6) is 0 Å². The van der Waals surface area contributed by atoms with Crippen LogP contribution in [-0.4, -0.2) is 5.26 Å². The summed E-state index contributed by atoms with van der Waals surface area (Å²) in [5.41, 5.74) is 2.43. The van der Waals surface area contributed by atoms with Gasteiger partial charge in [-0.3, -0.25) is 0 Å². The third-order valence-corrected chi connectivity index (χ3v) is 0.988. The number of nitrogens with one attached hydrogen (secondary N) is 1. The van der Waals surface area contributed by atoms with Gasteiger partial charge in [-0.25, -0.2) is 15.1 Å². The Kier molecular flexibility index (Phi) is 2.20. The molecule has 10 heavy (non-hydrogen) atoms. The van der Waals surface area contributed by atoms with Gasteiger partial charge in [-0.15, -0.1) is 4.99 Å². The smallest absolute Gasteiger partial charge is 0.125 e. The summed E-state index contributed by atoms with van der Waals surface area (Å²) in [7, 11) is 0. The van der Waals surface area contributed by atoms with Gasteiger partial charge in [0.1, 0.15) is 5.82 Å². The molecular weight excluding hydrogens is 137 g/mol. The van der Waals surface area contributed by atoms with Crippen molar-refractivity contribution >= 4 is 5.69 Å². The highest BCUT2D eigenvalue weighted by molar-refractivity contribution is 5.40. The van der Waals surface area contributed by atoms with Crippen molar-refractivity contribution < 1.29 is 14.6 Å². The van der Waals surface area contributed by atoms with Crippen LogP contribution in [0.15, 0.2) is 24.3 Å². The Hall–Kier alpha value is -1.13. The highest BCUT2D eigenvalue weighted by Gasteiger charge is 1.91. The van der Waals surface area contributed by atoms with Crippen LogP contribution in [-0.2, 0) is 4.99 Å². The Balaban J connectivity index is 2.75. The highest BCUT2D eigenvalue weighted by atomic mass is 19.1. The van der Waals surface area contributed by atoms with E-state index in [2.05, 4.69) is 10.5 Å². The van der Waals surface area contributed by atoms with E-state index in [-0.39, 0.29) is 5.82 Å². The molecule has 1 rings (SSSR count). The van der Waals surface area contributed by atoms with Crippen molar-refractivity contribution in [3.63, 3.8) is 0 Å². The van der Waals surface area contributed by atoms with E-state index in [0.29, 0.717) is 5.69 Å². The molecule has 0 aliphatic heterocycles. The van der Waals surface area contributed by atoms with Gasteiger partial charge in [0.2, 0.25) is 0 Å². The summed E-state index contributed by atoms with van der Waals surface area (Å²) in [6.45, 7) is 0. The van der Waals surface area contributed by atoms with Gasteiger partial charge in [-0.1, -0.05) is 6.07 Å². The lowest BCUT2D eigenvalue weighted by Gasteiger charge is -1.98. The lowest BCUT2D eigenvalue weighted by molar-refractivity contribution is -0.215. The average molecular weight is 143 g/mol. The molecule has 0 saturated carbocycles. The number of halogens is 1. The fraction of sp³-hybridized carbons (Fsp3) is 0. The molecule has 0 aliphatic carbocycles. The van der Waals surface area contributed by atoms with Crippen LogP contribution in [0, 0.1) is 5.82 Å². The highest BCUT2D eigenvalue weighted by Crippen LogP contribution is 2.07. The van der Waals surface area contributed by atoms with Crippen molar-refractivity contribution in [3.05, 3.63) is 30.1 Å². The molecule has 0 aliphatic rings. The zero-order valence-electron chi connectivity index (χ0n) is 5.04. The van der Waals surface area contributed by atoms with Crippen LogP contribution >= 0.6 is 0 Å². The van der Waals surface area contributed by atoms with Crippen LogP contribution in [0.2, 0.25) is 0 Å². The Bertz CT molecular complexity index is 217. The standard InChI is InChI=1S/C6H6FNO2/c7-5-2-1-3-6(4-5)8-10-9/h1-4,8-9H. The monoisotopic (exact) mass is 143 g/mol. The molecule has 0 atom stereocenters. The summed E-state index contributed by atoms with van der Waals surface area (Å²) in [6.07, 6.45) is 0. The third-order valence-electron chi connectivity index (χ3n) is 0.988. The van der Waals surface area contributed by atoms with Crippen LogP contribution in [0.3, 0.4) is 0 Å². The van der Waals surface area contributed by atoms with Crippen molar-refractivity contribution in [1.29, 1.82) is 0 Å². The summed E-state index contributed by atoms with van der Waals surface area (Å²) in [5, 5.41) is 7.88. The number of hydrogen-bond donors (Lipinski definition) is 2. The van der Waals surface area contributed by atoms with Gasteiger partial charge in [0.05, 0.1) is 5.69 Å². The van der Waals surface area contributed by atoms with E-state index < -0.39 is 0 Å². The van der Waals surface area contributed by atoms with Gasteiger partial charge >= 0.3 is 0 Å². The van der Waals surface area contributed by atoms with E-state index >= 15 is 0 Å². The van der Waals surface area contributed by atoms with Crippen LogP contribution in [0.1, 0.15) is 0 Å². The minimum absolute atomic E-state index is 0.363. The molecule has 0 aromatic heterocycles. The third kappa shape index (κ3) is 1.68. The summed E-state index contributed by atoms with van der Waals surface area (Å²) in [4.78, 5) is 3.57. The maximum absolute atomic E-state index is 12.3. The summed E-state index contributed by atoms with van der Waals surface area (Å²) in [6, 6.07) is 5.54. The first kappa shape index (κ1) is 6.98. The molecular formula is C6H6FNO2. The first-order valence-electron chi connectivity index (χ1n) is 2.65. The quantitative estimate of drug-likeness (QED) is 0.488. The van der Waals surface area contributed by atoms with E-state index in [1.165, 1.54) is 18.2 Å². The first-order chi connectivity index (χ1) is 4.83. The van der Waals surface area contributed by atoms with Gasteiger partial charge in [0.25, 0.3) is 0 Å². The SMILES string of the molecule is OONc1cccc(F)c1. The van der Waals surface area contributed by atoms with E-state index in [9.17, 15) is 4.39 Å². The van der Waals surface area contributed by atoms with Gasteiger partial charge in [-0.2, -0.15) is 0 Å². The molecule has 0 unspecified atom stereocenters. The maximum Gasteiger partial charge on any atom is 0.125 e. The Labute approximate surface area is 56.9 Å². The Morgan fingerprint density at radius 3 is 2.90 bits per heavy atom. The molecule has 0 fully saturated rings. The van der Waals surface area contributed by atoms with Gasteiger partial charge in [0, 0.05) is 0 Å². The van der Waals surface area contributed by atoms with E-state index in [0.717, 1.165) is 0 Å². The molecule has 1 aromatic rings. The second kappa shape index (κ2) is 3.14. The van der Waals surface area contributed by atoms with Crippen molar-refractivity contribution in [3.8, 4) is 0 Å². The molecule has 0 saturated heterocycles. The maximum atomic E-state index is 12.3. The molecule has 54 valence electrons. The predicted molar refractivity (Wildman–Crippen MR) is 33.7 cm³/mol. The van der Waals surface area contributed by atoms with Crippen LogP contribution < -0.4 is 5.48 Å². The zero-order valence-corrected chi connectivity index (χ0v) is 5.04. The lowest BCUT2D eigenvalue weighted by atomic mass is 10.3. The average Bonchev–Trinajstić information content (AvgIpc) is 1.88. The number of rotatable bonds is 2. The molecule has 1 aromatic carbocycles. The topological polar surface area (TPSA) is 41.5 Å². The summed E-state index contributed by atoms with van der Waals surface area (Å²) in [5.74, 6) is -0.387. The predicted octanol–water partition coefficient (Wildman–Crippen LogP) is 1.64. The summed E-state index contributed by atoms with van der Waals surface area (Å²) >= 11 is 0. The summed E-state index contributed by atoms with van der Waals surface area (Å²) < 4.78 is 12.3.